The van der Waals surface area contributed by atoms with Gasteiger partial charge in [-0.3, -0.25) is 9.78 Å². The summed E-state index contributed by atoms with van der Waals surface area (Å²) in [5.41, 5.74) is 6.98. The fourth-order valence-electron chi connectivity index (χ4n) is 5.49. The zero-order chi connectivity index (χ0) is 28.8. The monoisotopic (exact) mass is 727 g/mol. The maximum absolute atomic E-state index is 11.7. The van der Waals surface area contributed by atoms with Crippen molar-refractivity contribution in [3.63, 3.8) is 0 Å². The zero-order valence-electron chi connectivity index (χ0n) is 24.9. The van der Waals surface area contributed by atoms with Crippen molar-refractivity contribution in [1.29, 1.82) is 0 Å². The number of aliphatic hydroxyl groups excluding tert-OH is 1. The average Bonchev–Trinajstić information content (AvgIpc) is 3.34. The third kappa shape index (κ3) is 6.97. The molecule has 0 saturated heterocycles. The van der Waals surface area contributed by atoms with Crippen molar-refractivity contribution in [2.75, 3.05) is 0 Å². The van der Waals surface area contributed by atoms with Gasteiger partial charge in [-0.05, 0) is 62.8 Å². The Morgan fingerprint density at radius 2 is 1.59 bits per heavy atom. The van der Waals surface area contributed by atoms with Gasteiger partial charge in [-0.2, -0.15) is 0 Å². The molecule has 0 amide bonds. The van der Waals surface area contributed by atoms with Gasteiger partial charge in [-0.15, -0.1) is 35.9 Å². The van der Waals surface area contributed by atoms with E-state index in [4.69, 9.17) is 9.40 Å². The Kier molecular flexibility index (Phi) is 11.5. The molecule has 0 saturated carbocycles. The number of rotatable bonds is 8. The van der Waals surface area contributed by atoms with Crippen molar-refractivity contribution in [2.45, 2.75) is 67.2 Å². The molecule has 5 rings (SSSR count). The summed E-state index contributed by atoms with van der Waals surface area (Å²) in [5, 5.41) is 13.2. The molecular weight excluding hydrogens is 687 g/mol. The van der Waals surface area contributed by atoms with Gasteiger partial charge >= 0.3 is 0 Å². The van der Waals surface area contributed by atoms with E-state index in [9.17, 15) is 9.90 Å². The Bertz CT molecular complexity index is 1640. The van der Waals surface area contributed by atoms with E-state index in [1.807, 2.05) is 64.1 Å². The molecule has 0 atom stereocenters. The number of pyridine rings is 1. The van der Waals surface area contributed by atoms with Gasteiger partial charge in [0.2, 0.25) is 0 Å². The molecule has 5 aromatic rings. The summed E-state index contributed by atoms with van der Waals surface area (Å²) >= 11 is 0. The van der Waals surface area contributed by atoms with E-state index in [2.05, 4.69) is 44.2 Å². The molecule has 0 aliphatic carbocycles. The van der Waals surface area contributed by atoms with Gasteiger partial charge in [0.1, 0.15) is 11.2 Å². The first kappa shape index (κ1) is 32.2. The number of aliphatic hydroxyl groups is 1. The van der Waals surface area contributed by atoms with E-state index in [0.29, 0.717) is 0 Å². The summed E-state index contributed by atoms with van der Waals surface area (Å²) in [7, 11) is 0. The molecule has 0 bridgehead atoms. The summed E-state index contributed by atoms with van der Waals surface area (Å²) in [5.74, 6) is 0.547. The molecule has 0 aliphatic rings. The molecule has 41 heavy (non-hydrogen) atoms. The summed E-state index contributed by atoms with van der Waals surface area (Å²) < 4.78 is 6.25. The number of aromatic nitrogens is 1. The van der Waals surface area contributed by atoms with Crippen molar-refractivity contribution >= 4 is 38.6 Å². The molecule has 0 unspecified atom stereocenters. The largest absolute Gasteiger partial charge is 0.512 e. The summed E-state index contributed by atoms with van der Waals surface area (Å²) in [6.45, 7) is 12.3. The topological polar surface area (TPSA) is 63.3 Å². The van der Waals surface area contributed by atoms with Crippen LogP contribution in [0, 0.1) is 31.7 Å². The van der Waals surface area contributed by atoms with Crippen LogP contribution >= 0.6 is 0 Å². The zero-order valence-corrected chi connectivity index (χ0v) is 27.3. The van der Waals surface area contributed by atoms with E-state index in [-0.39, 0.29) is 43.5 Å². The third-order valence-corrected chi connectivity index (χ3v) is 7.80. The number of carbonyl (C=O) groups is 1. The van der Waals surface area contributed by atoms with E-state index in [1.165, 1.54) is 22.6 Å². The van der Waals surface area contributed by atoms with Gasteiger partial charge in [0.15, 0.2) is 5.78 Å². The number of para-hydroxylation sites is 1. The van der Waals surface area contributed by atoms with Crippen molar-refractivity contribution in [3.8, 4) is 11.3 Å². The van der Waals surface area contributed by atoms with Crippen LogP contribution in [0.3, 0.4) is 0 Å². The van der Waals surface area contributed by atoms with Gasteiger partial charge in [0.25, 0.3) is 0 Å². The molecule has 1 radical (unpaired) electrons. The predicted molar refractivity (Wildman–Crippen MR) is 167 cm³/mol. The standard InChI is InChI=1S/C23H16NO.C13H24O2.Ir/c1-14-12-15(2)20-18(13-14)24-22(16-8-4-3-5-9-16)23-21(20)17-10-6-7-11-19(17)25-23;1-5-10(6-2)12(14)9-13(15)11(7-3)8-4;/h3-8,10-13H,1-2H3;9-11,14H,5-8H2,1-4H3;/q-1;;/b;12-9-;. The molecule has 0 spiro atoms. The van der Waals surface area contributed by atoms with Gasteiger partial charge < -0.3 is 9.52 Å². The van der Waals surface area contributed by atoms with Crippen LogP contribution < -0.4 is 0 Å². The molecule has 217 valence electrons. The average molecular weight is 727 g/mol. The first-order valence-electron chi connectivity index (χ1n) is 14.5. The van der Waals surface area contributed by atoms with Gasteiger partial charge in [0.05, 0.1) is 11.3 Å². The van der Waals surface area contributed by atoms with Crippen LogP contribution in [0.15, 0.2) is 76.9 Å². The number of carbonyl (C=O) groups excluding carboxylic acids is 1. The Hall–Kier alpha value is -3.27. The first-order valence-corrected chi connectivity index (χ1v) is 14.5. The fourth-order valence-corrected chi connectivity index (χ4v) is 5.49. The van der Waals surface area contributed by atoms with Crippen LogP contribution in [0.4, 0.5) is 0 Å². The number of ketones is 1. The summed E-state index contributed by atoms with van der Waals surface area (Å²) in [6, 6.07) is 23.8. The molecule has 0 fully saturated rings. The molecule has 0 aliphatic heterocycles. The van der Waals surface area contributed by atoms with Crippen molar-refractivity contribution in [3.05, 3.63) is 89.7 Å². The fraction of sp³-hybridized carbons (Fsp3) is 0.333. The van der Waals surface area contributed by atoms with Crippen LogP contribution in [-0.4, -0.2) is 15.9 Å². The minimum absolute atomic E-state index is 0. The van der Waals surface area contributed by atoms with Crippen LogP contribution in [0.1, 0.15) is 64.5 Å². The van der Waals surface area contributed by atoms with Crippen LogP contribution in [0.25, 0.3) is 44.1 Å². The van der Waals surface area contributed by atoms with E-state index in [1.54, 1.807) is 0 Å². The number of nitrogens with zero attached hydrogens (tertiary/aromatic N) is 1. The molecule has 5 heteroatoms. The molecule has 3 aromatic carbocycles. The first-order chi connectivity index (χ1) is 19.3. The number of aryl methyl sites for hydroxylation is 2. The summed E-state index contributed by atoms with van der Waals surface area (Å²) in [4.78, 5) is 16.7. The van der Waals surface area contributed by atoms with Gasteiger partial charge in [0, 0.05) is 59.9 Å². The van der Waals surface area contributed by atoms with Gasteiger partial charge in [-0.25, -0.2) is 0 Å². The number of hydrogen-bond acceptors (Lipinski definition) is 4. The van der Waals surface area contributed by atoms with E-state index < -0.39 is 0 Å². The van der Waals surface area contributed by atoms with Crippen LogP contribution in [0.5, 0.6) is 0 Å². The van der Waals surface area contributed by atoms with Crippen LogP contribution in [-0.2, 0) is 24.9 Å². The van der Waals surface area contributed by atoms with Gasteiger partial charge in [-0.1, -0.05) is 52.0 Å². The molecule has 2 heterocycles. The third-order valence-electron chi connectivity index (χ3n) is 7.80. The Labute approximate surface area is 257 Å². The Morgan fingerprint density at radius 3 is 2.22 bits per heavy atom. The number of furan rings is 1. The van der Waals surface area contributed by atoms with E-state index in [0.717, 1.165) is 64.4 Å². The SMILES string of the molecule is CCC(CC)C(=O)/C=C(\O)C(CC)CC.Cc1cc(C)c2c(c1)nc(-c1[c-]cccc1)c1oc3ccccc3c12.[Ir]. The second-order valence-corrected chi connectivity index (χ2v) is 10.5. The maximum atomic E-state index is 11.7. The van der Waals surface area contributed by atoms with Crippen molar-refractivity contribution < 1.29 is 34.4 Å². The Balaban J connectivity index is 0.000000253. The molecule has 2 aromatic heterocycles. The normalized spacial score (nSPS) is 11.7. The van der Waals surface area contributed by atoms with Crippen LogP contribution in [0.2, 0.25) is 0 Å². The minimum Gasteiger partial charge on any atom is -0.512 e. The minimum atomic E-state index is 0. The Morgan fingerprint density at radius 1 is 0.927 bits per heavy atom. The van der Waals surface area contributed by atoms with E-state index >= 15 is 0 Å². The number of hydrogen-bond donors (Lipinski definition) is 1. The molecule has 1 N–H and O–H groups in total. The molecular formula is C36H40IrNO3-. The summed E-state index contributed by atoms with van der Waals surface area (Å²) in [6.07, 6.45) is 4.91. The molecule has 4 nitrogen and oxygen atoms in total. The quantitative estimate of drug-likeness (QED) is 0.0983. The number of fused-ring (bicyclic) bond motifs is 5. The smallest absolute Gasteiger partial charge is 0.162 e. The van der Waals surface area contributed by atoms with Crippen molar-refractivity contribution in [1.82, 2.24) is 4.98 Å². The predicted octanol–water partition coefficient (Wildman–Crippen LogP) is 10.1. The number of benzene rings is 3. The maximum Gasteiger partial charge on any atom is 0.162 e. The number of allylic oxidation sites excluding steroid dienone is 2. The second kappa shape index (κ2) is 14.6. The van der Waals surface area contributed by atoms with Crippen molar-refractivity contribution in [2.24, 2.45) is 11.8 Å². The second-order valence-electron chi connectivity index (χ2n) is 10.5.